The molecule has 0 aromatic heterocycles. The van der Waals surface area contributed by atoms with E-state index >= 15 is 0 Å². The summed E-state index contributed by atoms with van der Waals surface area (Å²) in [5, 5.41) is 6.38. The van der Waals surface area contributed by atoms with Crippen LogP contribution in [0.4, 0.5) is 8.78 Å². The summed E-state index contributed by atoms with van der Waals surface area (Å²) < 4.78 is 32.6. The van der Waals surface area contributed by atoms with Crippen molar-refractivity contribution in [3.05, 3.63) is 64.7 Å². The molecule has 2 aromatic carbocycles. The Morgan fingerprint density at radius 1 is 1.13 bits per heavy atom. The normalized spacial score (nSPS) is 18.1. The number of amides is 1. The lowest BCUT2D eigenvalue weighted by Crippen LogP contribution is -2.64. The molecule has 0 unspecified atom stereocenters. The lowest BCUT2D eigenvalue weighted by atomic mass is 9.91. The van der Waals surface area contributed by atoms with E-state index in [1.807, 2.05) is 12.1 Å². The molecule has 2 aromatic rings. The smallest absolute Gasteiger partial charge is 0.241 e. The van der Waals surface area contributed by atoms with Crippen molar-refractivity contribution in [1.29, 1.82) is 0 Å². The SMILES string of the molecule is COc1c(F)cc(CCNC(=O)C2(N3CCNCC3)Cc3ccccc3C2)cc1F. The molecule has 2 N–H and O–H groups in total. The monoisotopic (exact) mass is 415 g/mol. The van der Waals surface area contributed by atoms with Crippen molar-refractivity contribution < 1.29 is 18.3 Å². The lowest BCUT2D eigenvalue weighted by Gasteiger charge is -2.42. The Balaban J connectivity index is 1.47. The summed E-state index contributed by atoms with van der Waals surface area (Å²) in [6, 6.07) is 10.7. The van der Waals surface area contributed by atoms with Crippen LogP contribution in [0.2, 0.25) is 0 Å². The molecule has 30 heavy (non-hydrogen) atoms. The number of fused-ring (bicyclic) bond motifs is 1. The van der Waals surface area contributed by atoms with Gasteiger partial charge < -0.3 is 15.4 Å². The molecule has 1 aliphatic carbocycles. The summed E-state index contributed by atoms with van der Waals surface area (Å²) in [5.74, 6) is -1.87. The fourth-order valence-corrected chi connectivity index (χ4v) is 4.65. The first-order valence-electron chi connectivity index (χ1n) is 10.4. The first-order chi connectivity index (χ1) is 14.5. The van der Waals surface area contributed by atoms with E-state index in [-0.39, 0.29) is 11.7 Å². The van der Waals surface area contributed by atoms with Crippen LogP contribution < -0.4 is 15.4 Å². The molecule has 0 atom stereocenters. The Morgan fingerprint density at radius 2 is 1.73 bits per heavy atom. The first-order valence-corrected chi connectivity index (χ1v) is 10.4. The Kier molecular flexibility index (Phi) is 6.01. The van der Waals surface area contributed by atoms with E-state index < -0.39 is 17.2 Å². The fourth-order valence-electron chi connectivity index (χ4n) is 4.65. The van der Waals surface area contributed by atoms with Crippen LogP contribution in [-0.4, -0.2) is 56.2 Å². The van der Waals surface area contributed by atoms with Crippen LogP contribution in [0.5, 0.6) is 5.75 Å². The van der Waals surface area contributed by atoms with Gasteiger partial charge in [0.15, 0.2) is 17.4 Å². The Bertz CT molecular complexity index is 880. The van der Waals surface area contributed by atoms with Gasteiger partial charge in [0, 0.05) is 45.6 Å². The van der Waals surface area contributed by atoms with Gasteiger partial charge in [0.05, 0.1) is 7.11 Å². The number of halogens is 2. The minimum Gasteiger partial charge on any atom is -0.491 e. The highest BCUT2D eigenvalue weighted by Gasteiger charge is 2.48. The van der Waals surface area contributed by atoms with Crippen molar-refractivity contribution in [1.82, 2.24) is 15.5 Å². The molecule has 7 heteroatoms. The van der Waals surface area contributed by atoms with Crippen LogP contribution in [0, 0.1) is 11.6 Å². The second-order valence-corrected chi connectivity index (χ2v) is 7.99. The molecule has 0 spiro atoms. The molecular formula is C23H27F2N3O2. The number of nitrogens with zero attached hydrogens (tertiary/aromatic N) is 1. The Hall–Kier alpha value is -2.51. The standard InChI is InChI=1S/C23H27F2N3O2/c1-30-21-19(24)12-16(13-20(21)25)6-7-27-22(29)23(28-10-8-26-9-11-28)14-17-4-2-3-5-18(17)15-23/h2-5,12-13,26H,6-11,14-15H2,1H3,(H,27,29). The highest BCUT2D eigenvalue weighted by Crippen LogP contribution is 2.35. The third-order valence-corrected chi connectivity index (χ3v) is 6.19. The van der Waals surface area contributed by atoms with Crippen LogP contribution in [-0.2, 0) is 24.1 Å². The first kappa shape index (κ1) is 20.8. The van der Waals surface area contributed by atoms with Crippen molar-refractivity contribution in [3.63, 3.8) is 0 Å². The van der Waals surface area contributed by atoms with E-state index in [1.165, 1.54) is 30.4 Å². The van der Waals surface area contributed by atoms with E-state index in [0.717, 1.165) is 26.2 Å². The largest absolute Gasteiger partial charge is 0.491 e. The van der Waals surface area contributed by atoms with E-state index in [1.54, 1.807) is 0 Å². The van der Waals surface area contributed by atoms with E-state index in [9.17, 15) is 13.6 Å². The van der Waals surface area contributed by atoms with Gasteiger partial charge in [-0.15, -0.1) is 0 Å². The summed E-state index contributed by atoms with van der Waals surface area (Å²) in [7, 11) is 1.23. The van der Waals surface area contributed by atoms with Crippen molar-refractivity contribution >= 4 is 5.91 Å². The maximum Gasteiger partial charge on any atom is 0.241 e. The summed E-state index contributed by atoms with van der Waals surface area (Å²) >= 11 is 0. The van der Waals surface area contributed by atoms with Gasteiger partial charge in [-0.25, -0.2) is 8.78 Å². The average Bonchev–Trinajstić information content (AvgIpc) is 3.15. The van der Waals surface area contributed by atoms with E-state index in [2.05, 4.69) is 27.7 Å². The Labute approximate surface area is 175 Å². The summed E-state index contributed by atoms with van der Waals surface area (Å²) in [6.45, 7) is 3.66. The van der Waals surface area contributed by atoms with Gasteiger partial charge in [-0.3, -0.25) is 9.69 Å². The topological polar surface area (TPSA) is 53.6 Å². The lowest BCUT2D eigenvalue weighted by molar-refractivity contribution is -0.133. The van der Waals surface area contributed by atoms with Gasteiger partial charge in [0.25, 0.3) is 0 Å². The molecule has 160 valence electrons. The van der Waals surface area contributed by atoms with Gasteiger partial charge in [0.2, 0.25) is 5.91 Å². The predicted octanol–water partition coefficient (Wildman–Crippen LogP) is 2.07. The fraction of sp³-hybridized carbons (Fsp3) is 0.435. The van der Waals surface area contributed by atoms with Crippen molar-refractivity contribution in [2.24, 2.45) is 0 Å². The number of hydrogen-bond acceptors (Lipinski definition) is 4. The third kappa shape index (κ3) is 3.91. The summed E-state index contributed by atoms with van der Waals surface area (Å²) in [4.78, 5) is 15.7. The maximum absolute atomic E-state index is 13.9. The van der Waals surface area contributed by atoms with E-state index in [4.69, 9.17) is 4.74 Å². The quantitative estimate of drug-likeness (QED) is 0.759. The molecule has 5 nitrogen and oxygen atoms in total. The third-order valence-electron chi connectivity index (χ3n) is 6.19. The Morgan fingerprint density at radius 3 is 2.30 bits per heavy atom. The number of rotatable bonds is 6. The summed E-state index contributed by atoms with van der Waals surface area (Å²) in [6.07, 6.45) is 1.70. The second kappa shape index (κ2) is 8.70. The highest BCUT2D eigenvalue weighted by atomic mass is 19.1. The van der Waals surface area contributed by atoms with Gasteiger partial charge in [0.1, 0.15) is 5.54 Å². The summed E-state index contributed by atoms with van der Waals surface area (Å²) in [5.41, 5.74) is 2.30. The zero-order chi connectivity index (χ0) is 21.1. The number of carbonyl (C=O) groups is 1. The average molecular weight is 415 g/mol. The number of benzene rings is 2. The molecule has 1 amide bonds. The van der Waals surface area contributed by atoms with Crippen LogP contribution in [0.25, 0.3) is 0 Å². The molecule has 2 aliphatic rings. The number of ether oxygens (including phenoxy) is 1. The molecule has 1 fully saturated rings. The molecule has 0 saturated carbocycles. The number of methoxy groups -OCH3 is 1. The molecule has 1 saturated heterocycles. The van der Waals surface area contributed by atoms with Crippen molar-refractivity contribution in [3.8, 4) is 5.75 Å². The molecular weight excluding hydrogens is 388 g/mol. The van der Waals surface area contributed by atoms with Crippen LogP contribution in [0.1, 0.15) is 16.7 Å². The number of carbonyl (C=O) groups excluding carboxylic acids is 1. The molecule has 1 heterocycles. The minimum absolute atomic E-state index is 0.0185. The van der Waals surface area contributed by atoms with Crippen molar-refractivity contribution in [2.75, 3.05) is 39.8 Å². The molecule has 4 rings (SSSR count). The van der Waals surface area contributed by atoms with Crippen LogP contribution >= 0.6 is 0 Å². The molecule has 1 aliphatic heterocycles. The van der Waals surface area contributed by atoms with Gasteiger partial charge in [-0.1, -0.05) is 24.3 Å². The van der Waals surface area contributed by atoms with Crippen LogP contribution in [0.15, 0.2) is 36.4 Å². The predicted molar refractivity (Wildman–Crippen MR) is 111 cm³/mol. The van der Waals surface area contributed by atoms with Gasteiger partial charge in [-0.2, -0.15) is 0 Å². The number of hydrogen-bond donors (Lipinski definition) is 2. The maximum atomic E-state index is 13.9. The minimum atomic E-state index is -0.734. The second-order valence-electron chi connectivity index (χ2n) is 7.99. The van der Waals surface area contributed by atoms with Gasteiger partial charge in [-0.05, 0) is 35.2 Å². The van der Waals surface area contributed by atoms with Crippen LogP contribution in [0.3, 0.4) is 0 Å². The molecule has 0 radical (unpaired) electrons. The number of piperazine rings is 1. The highest BCUT2D eigenvalue weighted by molar-refractivity contribution is 5.88. The van der Waals surface area contributed by atoms with Gasteiger partial charge >= 0.3 is 0 Å². The zero-order valence-electron chi connectivity index (χ0n) is 17.1. The molecule has 0 bridgehead atoms. The number of nitrogens with one attached hydrogen (secondary N) is 2. The van der Waals surface area contributed by atoms with Crippen molar-refractivity contribution in [2.45, 2.75) is 24.8 Å². The zero-order valence-corrected chi connectivity index (χ0v) is 17.1. The van der Waals surface area contributed by atoms with E-state index in [0.29, 0.717) is 31.4 Å².